The van der Waals surface area contributed by atoms with Gasteiger partial charge in [-0.15, -0.1) is 0 Å². The minimum absolute atomic E-state index is 0.00738. The molecule has 3 heterocycles. The Morgan fingerprint density at radius 3 is 2.55 bits per heavy atom. The average Bonchev–Trinajstić information content (AvgIpc) is 3.34. The topological polar surface area (TPSA) is 101 Å². The number of nitrogens with zero attached hydrogens (tertiary/aromatic N) is 3. The van der Waals surface area contributed by atoms with Crippen LogP contribution in [0.2, 0.25) is 0 Å². The lowest BCUT2D eigenvalue weighted by Crippen LogP contribution is -2.46. The molecule has 1 aromatic heterocycles. The normalized spacial score (nSPS) is 24.3. The molecule has 0 spiro atoms. The van der Waals surface area contributed by atoms with Crippen LogP contribution in [-0.2, 0) is 20.7 Å². The van der Waals surface area contributed by atoms with Crippen LogP contribution in [0.1, 0.15) is 74.8 Å². The van der Waals surface area contributed by atoms with Crippen LogP contribution in [0.4, 0.5) is 0 Å². The van der Waals surface area contributed by atoms with Crippen LogP contribution in [0.3, 0.4) is 0 Å². The minimum Gasteiger partial charge on any atom is -0.459 e. The number of hydrogen-bond acceptors (Lipinski definition) is 6. The Labute approximate surface area is 183 Å². The van der Waals surface area contributed by atoms with Crippen molar-refractivity contribution in [3.63, 3.8) is 0 Å². The Morgan fingerprint density at radius 2 is 1.90 bits per heavy atom. The Balaban J connectivity index is 1.33. The van der Waals surface area contributed by atoms with Gasteiger partial charge in [-0.25, -0.2) is 9.97 Å². The van der Waals surface area contributed by atoms with E-state index in [0.29, 0.717) is 31.0 Å². The summed E-state index contributed by atoms with van der Waals surface area (Å²) in [6, 6.07) is 0.255. The highest BCUT2D eigenvalue weighted by molar-refractivity contribution is 5.95. The van der Waals surface area contributed by atoms with Crippen molar-refractivity contribution in [1.82, 2.24) is 20.2 Å². The summed E-state index contributed by atoms with van der Waals surface area (Å²) in [4.78, 5) is 47.7. The predicted octanol–water partition coefficient (Wildman–Crippen LogP) is 2.27. The average molecular weight is 429 g/mol. The number of nitrogens with one attached hydrogen (secondary N) is 1. The fourth-order valence-electron chi connectivity index (χ4n) is 5.10. The number of carbonyl (C=O) groups excluding carboxylic acids is 3. The summed E-state index contributed by atoms with van der Waals surface area (Å²) >= 11 is 0. The zero-order valence-electron chi connectivity index (χ0n) is 18.4. The number of esters is 1. The van der Waals surface area contributed by atoms with Gasteiger partial charge in [0.05, 0.1) is 23.6 Å². The molecule has 168 valence electrons. The van der Waals surface area contributed by atoms with Crippen LogP contribution in [0.25, 0.3) is 0 Å². The smallest absolute Gasteiger partial charge is 0.307 e. The molecule has 1 aliphatic carbocycles. The van der Waals surface area contributed by atoms with Crippen molar-refractivity contribution in [2.24, 2.45) is 11.8 Å². The van der Waals surface area contributed by atoms with Gasteiger partial charge in [-0.2, -0.15) is 0 Å². The maximum Gasteiger partial charge on any atom is 0.307 e. The molecule has 2 saturated heterocycles. The fraction of sp³-hybridized carbons (Fsp3) is 0.696. The lowest BCUT2D eigenvalue weighted by molar-refractivity contribution is -0.149. The quantitative estimate of drug-likeness (QED) is 0.722. The molecule has 1 aromatic rings. The summed E-state index contributed by atoms with van der Waals surface area (Å²) in [6.45, 7) is 4.92. The first kappa shape index (κ1) is 21.7. The molecule has 0 aromatic carbocycles. The van der Waals surface area contributed by atoms with Gasteiger partial charge in [0.1, 0.15) is 11.9 Å². The molecule has 31 heavy (non-hydrogen) atoms. The number of cyclic esters (lactones) is 1. The molecule has 3 fully saturated rings. The van der Waals surface area contributed by atoms with E-state index in [1.54, 1.807) is 20.0 Å². The number of carbonyl (C=O) groups is 3. The zero-order valence-corrected chi connectivity index (χ0v) is 18.4. The first-order chi connectivity index (χ1) is 14.8. The second-order valence-electron chi connectivity index (χ2n) is 9.64. The summed E-state index contributed by atoms with van der Waals surface area (Å²) in [5, 5.41) is 3.13. The summed E-state index contributed by atoms with van der Waals surface area (Å²) in [7, 11) is 0. The van der Waals surface area contributed by atoms with E-state index in [4.69, 9.17) is 4.74 Å². The Hall–Kier alpha value is -2.51. The molecule has 8 nitrogen and oxygen atoms in total. The van der Waals surface area contributed by atoms with Crippen LogP contribution in [0.5, 0.6) is 0 Å². The van der Waals surface area contributed by atoms with Gasteiger partial charge in [0, 0.05) is 25.3 Å². The summed E-state index contributed by atoms with van der Waals surface area (Å²) in [5.41, 5.74) is 0.607. The van der Waals surface area contributed by atoms with Gasteiger partial charge in [-0.1, -0.05) is 12.8 Å². The third-order valence-electron chi connectivity index (χ3n) is 7.02. The highest BCUT2D eigenvalue weighted by Crippen LogP contribution is 2.35. The third kappa shape index (κ3) is 4.88. The van der Waals surface area contributed by atoms with E-state index < -0.39 is 11.5 Å². The lowest BCUT2D eigenvalue weighted by Gasteiger charge is -2.35. The highest BCUT2D eigenvalue weighted by Gasteiger charge is 2.47. The van der Waals surface area contributed by atoms with E-state index >= 15 is 0 Å². The molecule has 0 unspecified atom stereocenters. The van der Waals surface area contributed by atoms with Gasteiger partial charge in [-0.3, -0.25) is 14.4 Å². The number of amides is 2. The number of ether oxygens (including phenoxy) is 1. The van der Waals surface area contributed by atoms with Crippen LogP contribution in [0, 0.1) is 11.8 Å². The first-order valence-corrected chi connectivity index (χ1v) is 11.4. The van der Waals surface area contributed by atoms with Crippen LogP contribution in [0.15, 0.2) is 12.5 Å². The van der Waals surface area contributed by atoms with Crippen molar-refractivity contribution in [3.05, 3.63) is 23.8 Å². The predicted molar refractivity (Wildman–Crippen MR) is 113 cm³/mol. The number of aromatic nitrogens is 2. The van der Waals surface area contributed by atoms with Gasteiger partial charge in [-0.05, 0) is 51.9 Å². The largest absolute Gasteiger partial charge is 0.459 e. The summed E-state index contributed by atoms with van der Waals surface area (Å²) in [6.07, 6.45) is 10.1. The number of likely N-dealkylation sites (tertiary alicyclic amines) is 1. The van der Waals surface area contributed by atoms with Gasteiger partial charge < -0.3 is 15.0 Å². The van der Waals surface area contributed by atoms with Gasteiger partial charge in [0.2, 0.25) is 5.91 Å². The minimum atomic E-state index is -0.743. The third-order valence-corrected chi connectivity index (χ3v) is 7.02. The molecule has 0 radical (unpaired) electrons. The summed E-state index contributed by atoms with van der Waals surface area (Å²) < 4.78 is 5.32. The van der Waals surface area contributed by atoms with Crippen molar-refractivity contribution in [2.75, 3.05) is 13.1 Å². The van der Waals surface area contributed by atoms with Crippen molar-refractivity contribution in [3.8, 4) is 0 Å². The van der Waals surface area contributed by atoms with Gasteiger partial charge in [0.15, 0.2) is 0 Å². The molecule has 4 rings (SSSR count). The van der Waals surface area contributed by atoms with E-state index in [-0.39, 0.29) is 30.2 Å². The Morgan fingerprint density at radius 1 is 1.19 bits per heavy atom. The van der Waals surface area contributed by atoms with E-state index in [9.17, 15) is 14.4 Å². The monoisotopic (exact) mass is 428 g/mol. The van der Waals surface area contributed by atoms with E-state index in [0.717, 1.165) is 31.4 Å². The second kappa shape index (κ2) is 8.93. The molecule has 2 aliphatic heterocycles. The number of rotatable bonds is 5. The Kier molecular flexibility index (Phi) is 6.25. The van der Waals surface area contributed by atoms with Crippen molar-refractivity contribution < 1.29 is 19.1 Å². The van der Waals surface area contributed by atoms with E-state index in [2.05, 4.69) is 15.3 Å². The van der Waals surface area contributed by atoms with Gasteiger partial charge >= 0.3 is 5.97 Å². The Bertz CT molecular complexity index is 842. The standard InChI is InChI=1S/C23H32N4O4/c1-23(2)18(12-20(28)31-23)22(30)27-9-7-15(8-10-27)11-19-17(13-24-14-25-19)21(29)26-16-5-3-4-6-16/h13-16,18H,3-12H2,1-2H3,(H,26,29)/t18-/m0/s1. The summed E-state index contributed by atoms with van der Waals surface area (Å²) in [5.74, 6) is -0.433. The molecule has 0 bridgehead atoms. The van der Waals surface area contributed by atoms with Gasteiger partial charge in [0.25, 0.3) is 5.91 Å². The van der Waals surface area contributed by atoms with Crippen LogP contribution < -0.4 is 5.32 Å². The van der Waals surface area contributed by atoms with Crippen molar-refractivity contribution >= 4 is 17.8 Å². The lowest BCUT2D eigenvalue weighted by atomic mass is 9.87. The van der Waals surface area contributed by atoms with Crippen LogP contribution in [-0.4, -0.2) is 57.4 Å². The molecule has 2 amide bonds. The molecule has 3 aliphatic rings. The van der Waals surface area contributed by atoms with E-state index in [1.165, 1.54) is 19.2 Å². The molecular weight excluding hydrogens is 396 g/mol. The second-order valence-corrected chi connectivity index (χ2v) is 9.64. The van der Waals surface area contributed by atoms with Crippen LogP contribution >= 0.6 is 0 Å². The molecule has 1 N–H and O–H groups in total. The molecule has 1 saturated carbocycles. The zero-order chi connectivity index (χ0) is 22.0. The molecular formula is C23H32N4O4. The number of hydrogen-bond donors (Lipinski definition) is 1. The molecule has 8 heteroatoms. The first-order valence-electron chi connectivity index (χ1n) is 11.4. The highest BCUT2D eigenvalue weighted by atomic mass is 16.6. The molecule has 1 atom stereocenters. The maximum absolute atomic E-state index is 13.0. The fourth-order valence-corrected chi connectivity index (χ4v) is 5.10. The van der Waals surface area contributed by atoms with Crippen molar-refractivity contribution in [1.29, 1.82) is 0 Å². The van der Waals surface area contributed by atoms with Crippen molar-refractivity contribution in [2.45, 2.75) is 76.9 Å². The number of piperidine rings is 1. The van der Waals surface area contributed by atoms with E-state index in [1.807, 2.05) is 4.90 Å². The maximum atomic E-state index is 13.0. The SMILES string of the molecule is CC1(C)OC(=O)C[C@H]1C(=O)N1CCC(Cc2ncncc2C(=O)NC2CCCC2)CC1.